The van der Waals surface area contributed by atoms with Gasteiger partial charge in [-0.05, 0) is 24.3 Å². The number of rotatable bonds is 7. The van der Waals surface area contributed by atoms with Crippen LogP contribution in [-0.2, 0) is 19.2 Å². The molecular weight excluding hydrogens is 402 g/mol. The highest BCUT2D eigenvalue weighted by molar-refractivity contribution is 6.23. The maximum atomic E-state index is 13.0. The van der Waals surface area contributed by atoms with Gasteiger partial charge in [0.05, 0.1) is 19.2 Å². The summed E-state index contributed by atoms with van der Waals surface area (Å²) in [6, 6.07) is 14.0. The number of carbonyl (C=O) groups is 4. The molecule has 1 unspecified atom stereocenters. The maximum Gasteiger partial charge on any atom is 0.276 e. The molecule has 0 bridgehead atoms. The van der Waals surface area contributed by atoms with Crippen LogP contribution in [0.4, 0.5) is 5.69 Å². The fourth-order valence-electron chi connectivity index (χ4n) is 3.16. The van der Waals surface area contributed by atoms with Crippen LogP contribution < -0.4 is 19.8 Å². The molecule has 0 saturated carbocycles. The first kappa shape index (κ1) is 21.8. The molecule has 0 radical (unpaired) electrons. The number of hydrazine groups is 1. The largest absolute Gasteiger partial charge is 0.497 e. The average Bonchev–Trinajstić information content (AvgIpc) is 3.09. The van der Waals surface area contributed by atoms with Crippen molar-refractivity contribution < 1.29 is 28.7 Å². The second kappa shape index (κ2) is 9.75. The summed E-state index contributed by atoms with van der Waals surface area (Å²) in [5, 5.41) is 0.928. The minimum Gasteiger partial charge on any atom is -0.497 e. The van der Waals surface area contributed by atoms with Crippen molar-refractivity contribution in [2.24, 2.45) is 0 Å². The number of nitrogens with zero attached hydrogens (tertiary/aromatic N) is 2. The van der Waals surface area contributed by atoms with Crippen molar-refractivity contribution in [3.05, 3.63) is 54.6 Å². The summed E-state index contributed by atoms with van der Waals surface area (Å²) in [4.78, 5) is 51.5. The number of imide groups is 1. The summed E-state index contributed by atoms with van der Waals surface area (Å²) in [5.74, 6) is -1.23. The van der Waals surface area contributed by atoms with E-state index in [1.807, 2.05) is 6.07 Å². The SMILES string of the molecule is CCC(=O)N(NC(=O)COc1ccccc1)C1CC(=O)N(c2cccc(OC)c2)C1=O. The quantitative estimate of drug-likeness (QED) is 0.535. The number of hydrogen-bond acceptors (Lipinski definition) is 6. The van der Waals surface area contributed by atoms with Crippen molar-refractivity contribution in [3.63, 3.8) is 0 Å². The Balaban J connectivity index is 1.74. The van der Waals surface area contributed by atoms with Crippen LogP contribution in [0.2, 0.25) is 0 Å². The van der Waals surface area contributed by atoms with Crippen molar-refractivity contribution in [3.8, 4) is 11.5 Å². The van der Waals surface area contributed by atoms with E-state index in [2.05, 4.69) is 5.43 Å². The van der Waals surface area contributed by atoms with Gasteiger partial charge in [0.25, 0.3) is 11.8 Å². The summed E-state index contributed by atoms with van der Waals surface area (Å²) in [7, 11) is 1.48. The Morgan fingerprint density at radius 2 is 1.81 bits per heavy atom. The van der Waals surface area contributed by atoms with E-state index in [-0.39, 0.29) is 19.4 Å². The minimum atomic E-state index is -1.15. The maximum absolute atomic E-state index is 13.0. The molecule has 1 fully saturated rings. The molecule has 3 rings (SSSR count). The number of nitrogens with one attached hydrogen (secondary N) is 1. The lowest BCUT2D eigenvalue weighted by atomic mass is 10.2. The van der Waals surface area contributed by atoms with Gasteiger partial charge in [-0.2, -0.15) is 0 Å². The number of amides is 4. The highest BCUT2D eigenvalue weighted by Crippen LogP contribution is 2.28. The van der Waals surface area contributed by atoms with Crippen LogP contribution in [0, 0.1) is 0 Å². The molecule has 0 spiro atoms. The number of carbonyl (C=O) groups excluding carboxylic acids is 4. The van der Waals surface area contributed by atoms with E-state index in [9.17, 15) is 19.2 Å². The summed E-state index contributed by atoms with van der Waals surface area (Å²) in [5.41, 5.74) is 2.75. The third kappa shape index (κ3) is 5.00. The Kier molecular flexibility index (Phi) is 6.86. The molecule has 9 nitrogen and oxygen atoms in total. The monoisotopic (exact) mass is 425 g/mol. The van der Waals surface area contributed by atoms with Gasteiger partial charge in [-0.25, -0.2) is 9.91 Å². The van der Waals surface area contributed by atoms with Crippen molar-refractivity contribution >= 4 is 29.3 Å². The molecule has 0 aromatic heterocycles. The summed E-state index contributed by atoms with van der Waals surface area (Å²) in [6.07, 6.45) is -0.210. The minimum absolute atomic E-state index is 0.0386. The molecule has 31 heavy (non-hydrogen) atoms. The Morgan fingerprint density at radius 3 is 2.48 bits per heavy atom. The van der Waals surface area contributed by atoms with Crippen LogP contribution in [0.25, 0.3) is 0 Å². The molecule has 1 aliphatic rings. The molecule has 1 saturated heterocycles. The lowest BCUT2D eigenvalue weighted by Crippen LogP contribution is -2.55. The summed E-state index contributed by atoms with van der Waals surface area (Å²) < 4.78 is 10.5. The normalized spacial score (nSPS) is 15.5. The van der Waals surface area contributed by atoms with E-state index in [0.717, 1.165) is 9.91 Å². The van der Waals surface area contributed by atoms with Gasteiger partial charge in [0.15, 0.2) is 6.61 Å². The van der Waals surface area contributed by atoms with Crippen molar-refractivity contribution in [1.82, 2.24) is 10.4 Å². The predicted molar refractivity (Wildman–Crippen MR) is 111 cm³/mol. The van der Waals surface area contributed by atoms with Gasteiger partial charge in [0.2, 0.25) is 11.8 Å². The van der Waals surface area contributed by atoms with Crippen LogP contribution in [0.5, 0.6) is 11.5 Å². The van der Waals surface area contributed by atoms with Crippen LogP contribution in [0.3, 0.4) is 0 Å². The summed E-state index contributed by atoms with van der Waals surface area (Å²) >= 11 is 0. The molecule has 1 atom stereocenters. The van der Waals surface area contributed by atoms with Crippen LogP contribution >= 0.6 is 0 Å². The van der Waals surface area contributed by atoms with Crippen molar-refractivity contribution in [1.29, 1.82) is 0 Å². The number of anilines is 1. The zero-order valence-electron chi connectivity index (χ0n) is 17.2. The van der Waals surface area contributed by atoms with Crippen molar-refractivity contribution in [2.75, 3.05) is 18.6 Å². The zero-order valence-corrected chi connectivity index (χ0v) is 17.2. The summed E-state index contributed by atoms with van der Waals surface area (Å²) in [6.45, 7) is 1.25. The van der Waals surface area contributed by atoms with Crippen LogP contribution in [0.1, 0.15) is 19.8 Å². The van der Waals surface area contributed by atoms with E-state index < -0.39 is 29.7 Å². The molecule has 2 aromatic rings. The zero-order chi connectivity index (χ0) is 22.4. The Hall–Kier alpha value is -3.88. The number of methoxy groups -OCH3 is 1. The topological polar surface area (TPSA) is 105 Å². The Bertz CT molecular complexity index is 978. The van der Waals surface area contributed by atoms with Gasteiger partial charge in [0.1, 0.15) is 17.5 Å². The average molecular weight is 425 g/mol. The van der Waals surface area contributed by atoms with E-state index in [1.165, 1.54) is 7.11 Å². The van der Waals surface area contributed by atoms with Gasteiger partial charge in [0, 0.05) is 12.5 Å². The smallest absolute Gasteiger partial charge is 0.276 e. The first-order valence-corrected chi connectivity index (χ1v) is 9.74. The lowest BCUT2D eigenvalue weighted by molar-refractivity contribution is -0.148. The number of hydrogen-bond donors (Lipinski definition) is 1. The number of benzene rings is 2. The molecule has 1 N–H and O–H groups in total. The highest BCUT2D eigenvalue weighted by Gasteiger charge is 2.45. The van der Waals surface area contributed by atoms with Crippen molar-refractivity contribution in [2.45, 2.75) is 25.8 Å². The van der Waals surface area contributed by atoms with Gasteiger partial charge >= 0.3 is 0 Å². The third-order valence-electron chi connectivity index (χ3n) is 4.68. The van der Waals surface area contributed by atoms with Gasteiger partial charge < -0.3 is 9.47 Å². The Morgan fingerprint density at radius 1 is 1.10 bits per heavy atom. The highest BCUT2D eigenvalue weighted by atomic mass is 16.5. The van der Waals surface area contributed by atoms with Gasteiger partial charge in [-0.3, -0.25) is 24.6 Å². The first-order chi connectivity index (χ1) is 14.9. The molecule has 1 heterocycles. The molecule has 4 amide bonds. The van der Waals surface area contributed by atoms with E-state index >= 15 is 0 Å². The second-order valence-electron chi connectivity index (χ2n) is 6.74. The molecule has 2 aromatic carbocycles. The molecule has 162 valence electrons. The van der Waals surface area contributed by atoms with Gasteiger partial charge in [-0.15, -0.1) is 0 Å². The third-order valence-corrected chi connectivity index (χ3v) is 4.68. The predicted octanol–water partition coefficient (Wildman–Crippen LogP) is 1.68. The standard InChI is InChI=1S/C22H23N3O6/c1-3-20(27)25(23-19(26)14-31-16-9-5-4-6-10-16)18-13-21(28)24(22(18)29)15-8-7-11-17(12-15)30-2/h4-12,18H,3,13-14H2,1-2H3,(H,23,26). The van der Waals surface area contributed by atoms with Crippen LogP contribution in [0.15, 0.2) is 54.6 Å². The van der Waals surface area contributed by atoms with E-state index in [0.29, 0.717) is 17.2 Å². The molecule has 9 heteroatoms. The number of para-hydroxylation sites is 1. The fourth-order valence-corrected chi connectivity index (χ4v) is 3.16. The molecule has 0 aliphatic carbocycles. The Labute approximate surface area is 179 Å². The van der Waals surface area contributed by atoms with Gasteiger partial charge in [-0.1, -0.05) is 31.2 Å². The number of ether oxygens (including phenoxy) is 2. The van der Waals surface area contributed by atoms with E-state index in [1.54, 1.807) is 55.5 Å². The first-order valence-electron chi connectivity index (χ1n) is 9.74. The van der Waals surface area contributed by atoms with Crippen LogP contribution in [-0.4, -0.2) is 48.4 Å². The fraction of sp³-hybridized carbons (Fsp3) is 0.273. The molecule has 1 aliphatic heterocycles. The molecular formula is C22H23N3O6. The van der Waals surface area contributed by atoms with E-state index in [4.69, 9.17) is 9.47 Å². The lowest BCUT2D eigenvalue weighted by Gasteiger charge is -2.27. The second-order valence-corrected chi connectivity index (χ2v) is 6.74.